The third kappa shape index (κ3) is 6.93. The summed E-state index contributed by atoms with van der Waals surface area (Å²) < 4.78 is 5.96. The van der Waals surface area contributed by atoms with Gasteiger partial charge in [-0.15, -0.1) is 0 Å². The summed E-state index contributed by atoms with van der Waals surface area (Å²) in [7, 11) is 0. The minimum Gasteiger partial charge on any atom is -0.377 e. The number of carbonyl (C=O) groups is 1. The van der Waals surface area contributed by atoms with Gasteiger partial charge in [-0.25, -0.2) is 0 Å². The molecule has 32 heavy (non-hydrogen) atoms. The van der Waals surface area contributed by atoms with Crippen LogP contribution in [-0.4, -0.2) is 23.5 Å². The first kappa shape index (κ1) is 23.5. The van der Waals surface area contributed by atoms with Gasteiger partial charge in [-0.3, -0.25) is 4.79 Å². The molecule has 0 heterocycles. The van der Waals surface area contributed by atoms with Crippen LogP contribution < -0.4 is 0 Å². The van der Waals surface area contributed by atoms with Crippen molar-refractivity contribution in [1.82, 2.24) is 4.90 Å². The lowest BCUT2D eigenvalue weighted by molar-refractivity contribution is -0.134. The second-order valence-electron chi connectivity index (χ2n) is 7.97. The SMILES string of the molecule is C/C=C/[C@H](CCOCc1ccccc1)N(C(=O)Cc1ccccc1)[C@H](C)c1ccccc1. The first-order valence-corrected chi connectivity index (χ1v) is 11.3. The van der Waals surface area contributed by atoms with Crippen LogP contribution in [0.5, 0.6) is 0 Å². The molecule has 3 heteroatoms. The number of carbonyl (C=O) groups excluding carboxylic acids is 1. The Morgan fingerprint density at radius 2 is 1.44 bits per heavy atom. The van der Waals surface area contributed by atoms with Gasteiger partial charge >= 0.3 is 0 Å². The minimum atomic E-state index is -0.0396. The van der Waals surface area contributed by atoms with Gasteiger partial charge in [-0.1, -0.05) is 103 Å². The highest BCUT2D eigenvalue weighted by Gasteiger charge is 2.27. The summed E-state index contributed by atoms with van der Waals surface area (Å²) in [6, 6.07) is 30.3. The molecular weight excluding hydrogens is 394 g/mol. The van der Waals surface area contributed by atoms with E-state index in [-0.39, 0.29) is 18.0 Å². The third-order valence-corrected chi connectivity index (χ3v) is 5.63. The van der Waals surface area contributed by atoms with Gasteiger partial charge in [0, 0.05) is 6.61 Å². The fraction of sp³-hybridized carbons (Fsp3) is 0.276. The summed E-state index contributed by atoms with van der Waals surface area (Å²) in [5.74, 6) is 0.124. The zero-order valence-electron chi connectivity index (χ0n) is 19.1. The van der Waals surface area contributed by atoms with Gasteiger partial charge in [0.25, 0.3) is 0 Å². The molecule has 0 fully saturated rings. The molecule has 166 valence electrons. The summed E-state index contributed by atoms with van der Waals surface area (Å²) in [6.07, 6.45) is 5.28. The molecule has 0 spiro atoms. The molecule has 1 amide bonds. The number of hydrogen-bond donors (Lipinski definition) is 0. The molecule has 3 aromatic rings. The fourth-order valence-corrected chi connectivity index (χ4v) is 3.96. The maximum absolute atomic E-state index is 13.5. The number of hydrogen-bond acceptors (Lipinski definition) is 2. The van der Waals surface area contributed by atoms with Gasteiger partial charge in [-0.05, 0) is 37.0 Å². The molecule has 0 radical (unpaired) electrons. The van der Waals surface area contributed by atoms with Crippen LogP contribution in [-0.2, 0) is 22.6 Å². The van der Waals surface area contributed by atoms with Crippen LogP contribution in [0.15, 0.2) is 103 Å². The Morgan fingerprint density at radius 1 is 0.875 bits per heavy atom. The van der Waals surface area contributed by atoms with Crippen molar-refractivity contribution >= 4 is 5.91 Å². The van der Waals surface area contributed by atoms with E-state index in [1.165, 1.54) is 0 Å². The maximum Gasteiger partial charge on any atom is 0.227 e. The van der Waals surface area contributed by atoms with Crippen molar-refractivity contribution in [3.8, 4) is 0 Å². The molecule has 0 saturated carbocycles. The largest absolute Gasteiger partial charge is 0.377 e. The molecule has 0 aliphatic rings. The second kappa shape index (κ2) is 12.6. The summed E-state index contributed by atoms with van der Waals surface area (Å²) in [4.78, 5) is 15.6. The van der Waals surface area contributed by atoms with Crippen molar-refractivity contribution < 1.29 is 9.53 Å². The molecule has 3 rings (SSSR count). The van der Waals surface area contributed by atoms with Gasteiger partial charge in [0.2, 0.25) is 5.91 Å². The Bertz CT molecular complexity index is 954. The van der Waals surface area contributed by atoms with Crippen molar-refractivity contribution in [2.24, 2.45) is 0 Å². The molecule has 0 aliphatic carbocycles. The van der Waals surface area contributed by atoms with E-state index in [0.29, 0.717) is 19.6 Å². The van der Waals surface area contributed by atoms with E-state index in [1.807, 2.05) is 84.6 Å². The third-order valence-electron chi connectivity index (χ3n) is 5.63. The van der Waals surface area contributed by atoms with E-state index in [2.05, 4.69) is 37.3 Å². The average Bonchev–Trinajstić information content (AvgIpc) is 2.83. The highest BCUT2D eigenvalue weighted by Crippen LogP contribution is 2.26. The predicted molar refractivity (Wildman–Crippen MR) is 131 cm³/mol. The van der Waals surface area contributed by atoms with Gasteiger partial charge in [-0.2, -0.15) is 0 Å². The topological polar surface area (TPSA) is 29.5 Å². The number of ether oxygens (including phenoxy) is 1. The van der Waals surface area contributed by atoms with Crippen LogP contribution in [0.2, 0.25) is 0 Å². The van der Waals surface area contributed by atoms with E-state index >= 15 is 0 Å². The van der Waals surface area contributed by atoms with Crippen LogP contribution in [0.4, 0.5) is 0 Å². The van der Waals surface area contributed by atoms with Crippen LogP contribution in [0.3, 0.4) is 0 Å². The highest BCUT2D eigenvalue weighted by atomic mass is 16.5. The quantitative estimate of drug-likeness (QED) is 0.263. The second-order valence-corrected chi connectivity index (χ2v) is 7.97. The Hall–Kier alpha value is -3.17. The van der Waals surface area contributed by atoms with Crippen LogP contribution in [0, 0.1) is 0 Å². The molecule has 0 saturated heterocycles. The first-order chi connectivity index (χ1) is 15.7. The van der Waals surface area contributed by atoms with Crippen molar-refractivity contribution in [2.45, 2.75) is 45.4 Å². The monoisotopic (exact) mass is 427 g/mol. The van der Waals surface area contributed by atoms with Gasteiger partial charge in [0.1, 0.15) is 0 Å². The van der Waals surface area contributed by atoms with E-state index < -0.39 is 0 Å². The number of amides is 1. The standard InChI is InChI=1S/C29H33NO2/c1-3-13-28(20-21-32-23-26-16-9-5-10-17-26)30(24(2)27-18-11-6-12-19-27)29(31)22-25-14-7-4-8-15-25/h3-19,24,28H,20-23H2,1-2H3/b13-3+/t24-,28-/m1/s1. The van der Waals surface area contributed by atoms with Crippen molar-refractivity contribution in [1.29, 1.82) is 0 Å². The Balaban J connectivity index is 1.75. The summed E-state index contributed by atoms with van der Waals surface area (Å²) in [5.41, 5.74) is 3.32. The number of benzene rings is 3. The molecule has 3 nitrogen and oxygen atoms in total. The zero-order valence-corrected chi connectivity index (χ0v) is 19.1. The van der Waals surface area contributed by atoms with Crippen LogP contribution in [0.25, 0.3) is 0 Å². The lowest BCUT2D eigenvalue weighted by atomic mass is 10.0. The average molecular weight is 428 g/mol. The zero-order chi connectivity index (χ0) is 22.6. The highest BCUT2D eigenvalue weighted by molar-refractivity contribution is 5.79. The number of nitrogens with zero attached hydrogens (tertiary/aromatic N) is 1. The summed E-state index contributed by atoms with van der Waals surface area (Å²) >= 11 is 0. The smallest absolute Gasteiger partial charge is 0.227 e. The normalized spacial score (nSPS) is 13.1. The molecule has 0 unspecified atom stereocenters. The van der Waals surface area contributed by atoms with Crippen molar-refractivity contribution in [3.63, 3.8) is 0 Å². The lowest BCUT2D eigenvalue weighted by Gasteiger charge is -2.36. The van der Waals surface area contributed by atoms with E-state index in [1.54, 1.807) is 0 Å². The van der Waals surface area contributed by atoms with Gasteiger partial charge in [0.15, 0.2) is 0 Å². The summed E-state index contributed by atoms with van der Waals surface area (Å²) in [5, 5.41) is 0. The Labute approximate surface area is 192 Å². The van der Waals surface area contributed by atoms with E-state index in [4.69, 9.17) is 4.74 Å². The molecule has 0 aromatic heterocycles. The van der Waals surface area contributed by atoms with E-state index in [0.717, 1.165) is 23.1 Å². The molecule has 2 atom stereocenters. The van der Waals surface area contributed by atoms with Crippen molar-refractivity contribution in [2.75, 3.05) is 6.61 Å². The Kier molecular flexibility index (Phi) is 9.27. The van der Waals surface area contributed by atoms with Gasteiger partial charge < -0.3 is 9.64 Å². The molecule has 3 aromatic carbocycles. The predicted octanol–water partition coefficient (Wildman–Crippen LogP) is 6.37. The summed E-state index contributed by atoms with van der Waals surface area (Å²) in [6.45, 7) is 5.28. The maximum atomic E-state index is 13.5. The molecule has 0 N–H and O–H groups in total. The van der Waals surface area contributed by atoms with Crippen LogP contribution >= 0.6 is 0 Å². The first-order valence-electron chi connectivity index (χ1n) is 11.3. The molecular formula is C29H33NO2. The molecule has 0 bridgehead atoms. The number of rotatable bonds is 11. The Morgan fingerprint density at radius 3 is 2.03 bits per heavy atom. The fourth-order valence-electron chi connectivity index (χ4n) is 3.96. The lowest BCUT2D eigenvalue weighted by Crippen LogP contribution is -2.42. The number of allylic oxidation sites excluding steroid dienone is 1. The van der Waals surface area contributed by atoms with Crippen LogP contribution in [0.1, 0.15) is 43.0 Å². The van der Waals surface area contributed by atoms with Gasteiger partial charge in [0.05, 0.1) is 25.1 Å². The van der Waals surface area contributed by atoms with Crippen molar-refractivity contribution in [3.05, 3.63) is 120 Å². The van der Waals surface area contributed by atoms with E-state index in [9.17, 15) is 4.79 Å². The molecule has 0 aliphatic heterocycles. The minimum absolute atomic E-state index is 0.0391.